The topological polar surface area (TPSA) is 23.5 Å². The molecule has 0 saturated carbocycles. The van der Waals surface area contributed by atoms with Gasteiger partial charge in [0.25, 0.3) is 0 Å². The summed E-state index contributed by atoms with van der Waals surface area (Å²) in [6.07, 6.45) is 0. The van der Waals surface area contributed by atoms with E-state index in [0.717, 1.165) is 12.1 Å². The first-order valence-electron chi connectivity index (χ1n) is 6.14. The molecule has 2 rings (SSSR count). The monoisotopic (exact) mass is 271 g/mol. The zero-order chi connectivity index (χ0) is 13.7. The first-order chi connectivity index (χ1) is 9.19. The number of thiophene rings is 1. The molecule has 1 N–H and O–H groups in total. The van der Waals surface area contributed by atoms with Gasteiger partial charge in [0.2, 0.25) is 0 Å². The smallest absolute Gasteiger partial charge is 0.104 e. The Morgan fingerprint density at radius 1 is 1.26 bits per heavy atom. The first kappa shape index (κ1) is 13.7. The van der Waals surface area contributed by atoms with Crippen LogP contribution in [0.15, 0.2) is 35.7 Å². The Labute approximate surface area is 118 Å². The molecule has 0 saturated heterocycles. The third-order valence-corrected chi connectivity index (χ3v) is 3.75. The van der Waals surface area contributed by atoms with Crippen molar-refractivity contribution in [1.82, 2.24) is 0 Å². The summed E-state index contributed by atoms with van der Waals surface area (Å²) in [5.41, 5.74) is 3.46. The predicted octanol–water partition coefficient (Wildman–Crippen LogP) is 3.04. The summed E-state index contributed by atoms with van der Waals surface area (Å²) in [4.78, 5) is 3.49. The minimum absolute atomic E-state index is 0.0888. The fourth-order valence-corrected chi connectivity index (χ4v) is 2.66. The largest absolute Gasteiger partial charge is 0.384 e. The normalized spacial score (nSPS) is 9.84. The SMILES string of the molecule is Cc1ccc(N(C)Cc2cc(C#CCO)cs2)cc1. The third kappa shape index (κ3) is 3.85. The number of anilines is 1. The average molecular weight is 271 g/mol. The van der Waals surface area contributed by atoms with Crippen LogP contribution in [0.1, 0.15) is 16.0 Å². The zero-order valence-electron chi connectivity index (χ0n) is 11.2. The van der Waals surface area contributed by atoms with Crippen LogP contribution in [0.2, 0.25) is 0 Å². The lowest BCUT2D eigenvalue weighted by Crippen LogP contribution is -2.15. The maximum Gasteiger partial charge on any atom is 0.104 e. The highest BCUT2D eigenvalue weighted by atomic mass is 32.1. The molecular weight excluding hydrogens is 254 g/mol. The van der Waals surface area contributed by atoms with Crippen molar-refractivity contribution >= 4 is 17.0 Å². The molecule has 1 heterocycles. The summed E-state index contributed by atoms with van der Waals surface area (Å²) in [6, 6.07) is 10.6. The molecule has 3 heteroatoms. The van der Waals surface area contributed by atoms with Crippen LogP contribution in [0.3, 0.4) is 0 Å². The van der Waals surface area contributed by atoms with Gasteiger partial charge < -0.3 is 10.0 Å². The molecule has 0 unspecified atom stereocenters. The van der Waals surface area contributed by atoms with Gasteiger partial charge in [-0.15, -0.1) is 11.3 Å². The van der Waals surface area contributed by atoms with E-state index < -0.39 is 0 Å². The number of aryl methyl sites for hydroxylation is 1. The molecular formula is C16H17NOS. The van der Waals surface area contributed by atoms with Crippen molar-refractivity contribution in [2.45, 2.75) is 13.5 Å². The molecule has 2 aromatic rings. The van der Waals surface area contributed by atoms with E-state index in [1.807, 2.05) is 5.38 Å². The maximum atomic E-state index is 8.67. The van der Waals surface area contributed by atoms with E-state index in [1.54, 1.807) is 11.3 Å². The molecule has 1 aromatic carbocycles. The van der Waals surface area contributed by atoms with E-state index >= 15 is 0 Å². The Morgan fingerprint density at radius 3 is 2.68 bits per heavy atom. The summed E-state index contributed by atoms with van der Waals surface area (Å²) in [5.74, 6) is 5.59. The van der Waals surface area contributed by atoms with Crippen LogP contribution in [0.25, 0.3) is 0 Å². The second kappa shape index (κ2) is 6.42. The second-order valence-electron chi connectivity index (χ2n) is 4.45. The van der Waals surface area contributed by atoms with Gasteiger partial charge in [0, 0.05) is 28.6 Å². The number of benzene rings is 1. The molecule has 1 aromatic heterocycles. The van der Waals surface area contributed by atoms with Crippen LogP contribution >= 0.6 is 11.3 Å². The predicted molar refractivity (Wildman–Crippen MR) is 81.6 cm³/mol. The molecule has 19 heavy (non-hydrogen) atoms. The van der Waals surface area contributed by atoms with Crippen LogP contribution in [-0.2, 0) is 6.54 Å². The Bertz CT molecular complexity index is 589. The Hall–Kier alpha value is -1.76. The van der Waals surface area contributed by atoms with E-state index in [4.69, 9.17) is 5.11 Å². The van der Waals surface area contributed by atoms with Crippen LogP contribution in [0, 0.1) is 18.8 Å². The van der Waals surface area contributed by atoms with E-state index in [9.17, 15) is 0 Å². The summed E-state index contributed by atoms with van der Waals surface area (Å²) in [6.45, 7) is 2.87. The highest BCUT2D eigenvalue weighted by molar-refractivity contribution is 7.10. The molecule has 0 bridgehead atoms. The van der Waals surface area contributed by atoms with Gasteiger partial charge in [-0.2, -0.15) is 0 Å². The molecule has 0 radical (unpaired) electrons. The fourth-order valence-electron chi connectivity index (χ4n) is 1.79. The number of aliphatic hydroxyl groups excluding tert-OH is 1. The molecule has 98 valence electrons. The highest BCUT2D eigenvalue weighted by Crippen LogP contribution is 2.20. The summed E-state index contributed by atoms with van der Waals surface area (Å²) < 4.78 is 0. The van der Waals surface area contributed by atoms with E-state index in [-0.39, 0.29) is 6.61 Å². The molecule has 2 nitrogen and oxygen atoms in total. The summed E-state index contributed by atoms with van der Waals surface area (Å²) in [7, 11) is 2.09. The van der Waals surface area contributed by atoms with Crippen LogP contribution in [0.4, 0.5) is 5.69 Å². The summed E-state index contributed by atoms with van der Waals surface area (Å²) in [5, 5.41) is 10.7. The minimum Gasteiger partial charge on any atom is -0.384 e. The molecule has 0 fully saturated rings. The summed E-state index contributed by atoms with van der Waals surface area (Å²) >= 11 is 1.70. The van der Waals surface area contributed by atoms with Gasteiger partial charge in [-0.3, -0.25) is 0 Å². The number of nitrogens with zero attached hydrogens (tertiary/aromatic N) is 1. The van der Waals surface area contributed by atoms with Gasteiger partial charge in [-0.25, -0.2) is 0 Å². The van der Waals surface area contributed by atoms with Crippen LogP contribution in [-0.4, -0.2) is 18.8 Å². The molecule has 0 amide bonds. The van der Waals surface area contributed by atoms with Gasteiger partial charge in [-0.1, -0.05) is 29.5 Å². The van der Waals surface area contributed by atoms with E-state index in [1.165, 1.54) is 16.1 Å². The molecule has 0 aliphatic heterocycles. The van der Waals surface area contributed by atoms with Crippen LogP contribution in [0.5, 0.6) is 0 Å². The number of rotatable bonds is 3. The molecule has 0 spiro atoms. The van der Waals surface area contributed by atoms with Crippen molar-refractivity contribution in [1.29, 1.82) is 0 Å². The number of hydrogen-bond acceptors (Lipinski definition) is 3. The third-order valence-electron chi connectivity index (χ3n) is 2.83. The Morgan fingerprint density at radius 2 is 2.00 bits per heavy atom. The van der Waals surface area contributed by atoms with Crippen molar-refractivity contribution in [2.24, 2.45) is 0 Å². The lowest BCUT2D eigenvalue weighted by molar-refractivity contribution is 0.350. The quantitative estimate of drug-likeness (QED) is 0.867. The number of hydrogen-bond donors (Lipinski definition) is 1. The molecule has 0 aliphatic rings. The van der Waals surface area contributed by atoms with Crippen molar-refractivity contribution in [2.75, 3.05) is 18.6 Å². The van der Waals surface area contributed by atoms with Gasteiger partial charge in [-0.05, 0) is 25.1 Å². The maximum absolute atomic E-state index is 8.67. The van der Waals surface area contributed by atoms with Crippen molar-refractivity contribution in [3.8, 4) is 11.8 Å². The lowest BCUT2D eigenvalue weighted by Gasteiger charge is -2.18. The highest BCUT2D eigenvalue weighted by Gasteiger charge is 2.04. The van der Waals surface area contributed by atoms with Crippen molar-refractivity contribution < 1.29 is 5.11 Å². The molecule has 0 atom stereocenters. The van der Waals surface area contributed by atoms with Gasteiger partial charge >= 0.3 is 0 Å². The standard InChI is InChI=1S/C16H17NOS/c1-13-5-7-15(8-6-13)17(2)11-16-10-14(12-19-16)4-3-9-18/h5-8,10,12,18H,9,11H2,1-2H3. The van der Waals surface area contributed by atoms with E-state index in [2.05, 4.69) is 61.0 Å². The van der Waals surface area contributed by atoms with Crippen LogP contribution < -0.4 is 4.90 Å². The van der Waals surface area contributed by atoms with Crippen molar-refractivity contribution in [3.63, 3.8) is 0 Å². The van der Waals surface area contributed by atoms with Gasteiger partial charge in [0.15, 0.2) is 0 Å². The van der Waals surface area contributed by atoms with E-state index in [0.29, 0.717) is 0 Å². The minimum atomic E-state index is -0.0888. The van der Waals surface area contributed by atoms with Gasteiger partial charge in [0.05, 0.1) is 6.54 Å². The fraction of sp³-hybridized carbons (Fsp3) is 0.250. The second-order valence-corrected chi connectivity index (χ2v) is 5.45. The van der Waals surface area contributed by atoms with Gasteiger partial charge in [0.1, 0.15) is 6.61 Å². The number of aliphatic hydroxyl groups is 1. The first-order valence-corrected chi connectivity index (χ1v) is 7.02. The zero-order valence-corrected chi connectivity index (χ0v) is 12.0. The Kier molecular flexibility index (Phi) is 4.62. The average Bonchev–Trinajstić information content (AvgIpc) is 2.84. The van der Waals surface area contributed by atoms with Crippen molar-refractivity contribution in [3.05, 3.63) is 51.7 Å². The Balaban J connectivity index is 2.04. The molecule has 0 aliphatic carbocycles. The lowest BCUT2D eigenvalue weighted by atomic mass is 10.2.